The van der Waals surface area contributed by atoms with Crippen molar-refractivity contribution in [2.75, 3.05) is 10.6 Å². The van der Waals surface area contributed by atoms with E-state index in [1.54, 1.807) is 37.3 Å². The number of hydrogen-bond donors (Lipinski definition) is 2. The van der Waals surface area contributed by atoms with Crippen LogP contribution in [0.4, 0.5) is 41.9 Å². The molecule has 9 nitrogen and oxygen atoms in total. The summed E-state index contributed by atoms with van der Waals surface area (Å²) in [4.78, 5) is 19.2. The van der Waals surface area contributed by atoms with Crippen LogP contribution in [0.3, 0.4) is 0 Å². The summed E-state index contributed by atoms with van der Waals surface area (Å²) in [6, 6.07) is 16.8. The third-order valence-corrected chi connectivity index (χ3v) is 6.17. The Kier molecular flexibility index (Phi) is 8.27. The minimum Gasteiger partial charge on any atom is -0.406 e. The molecular weight excluding hydrogens is 572 g/mol. The number of nitro groups is 1. The molecular formula is C26H17Cl2F3N6O3. The van der Waals surface area contributed by atoms with E-state index < -0.39 is 28.6 Å². The molecule has 0 aliphatic carbocycles. The molecule has 0 aliphatic rings. The van der Waals surface area contributed by atoms with Crippen LogP contribution in [-0.2, 0) is 0 Å². The molecule has 0 saturated carbocycles. The molecule has 0 amide bonds. The quantitative estimate of drug-likeness (QED) is 0.156. The van der Waals surface area contributed by atoms with E-state index in [2.05, 4.69) is 31.4 Å². The van der Waals surface area contributed by atoms with Crippen molar-refractivity contribution in [2.45, 2.75) is 19.2 Å². The lowest BCUT2D eigenvalue weighted by molar-refractivity contribution is -0.383. The molecule has 3 aromatic carbocycles. The summed E-state index contributed by atoms with van der Waals surface area (Å²) < 4.78 is 41.1. The van der Waals surface area contributed by atoms with Gasteiger partial charge in [-0.15, -0.1) is 13.2 Å². The normalized spacial score (nSPS) is 11.8. The summed E-state index contributed by atoms with van der Waals surface area (Å²) >= 11 is 12.5. The van der Waals surface area contributed by atoms with Crippen LogP contribution in [0.15, 0.2) is 67.0 Å². The van der Waals surface area contributed by atoms with Crippen molar-refractivity contribution in [1.82, 2.24) is 9.97 Å². The summed E-state index contributed by atoms with van der Waals surface area (Å²) in [6.07, 6.45) is -3.78. The van der Waals surface area contributed by atoms with Gasteiger partial charge in [0.05, 0.1) is 16.9 Å². The van der Waals surface area contributed by atoms with E-state index >= 15 is 0 Å². The molecule has 1 atom stereocenters. The summed E-state index contributed by atoms with van der Waals surface area (Å²) in [5.74, 6) is -1.52. The molecule has 0 fully saturated rings. The summed E-state index contributed by atoms with van der Waals surface area (Å²) in [7, 11) is 0. The highest BCUT2D eigenvalue weighted by molar-refractivity contribution is 6.32. The van der Waals surface area contributed by atoms with E-state index in [-0.39, 0.29) is 22.3 Å². The predicted octanol–water partition coefficient (Wildman–Crippen LogP) is 8.04. The molecule has 0 spiro atoms. The van der Waals surface area contributed by atoms with Crippen LogP contribution < -0.4 is 15.4 Å². The third-order valence-electron chi connectivity index (χ3n) is 5.60. The van der Waals surface area contributed by atoms with E-state index in [0.29, 0.717) is 27.4 Å². The SMILES string of the molecule is Cc1cc(C(C#N)c2ccc(Cl)cc2)c(Cl)cc1Nc1ncnc(Nc2ccc(OC(F)(F)F)cc2)c1[N+](=O)[O-]. The van der Waals surface area contributed by atoms with Crippen molar-refractivity contribution in [2.24, 2.45) is 0 Å². The fourth-order valence-electron chi connectivity index (χ4n) is 3.78. The first-order valence-electron chi connectivity index (χ1n) is 11.3. The molecule has 1 unspecified atom stereocenters. The van der Waals surface area contributed by atoms with Crippen molar-refractivity contribution in [3.63, 3.8) is 0 Å². The third kappa shape index (κ3) is 6.69. The molecule has 14 heteroatoms. The van der Waals surface area contributed by atoms with Crippen molar-refractivity contribution in [1.29, 1.82) is 5.26 Å². The number of aryl methyl sites for hydroxylation is 1. The second-order valence-corrected chi connectivity index (χ2v) is 9.14. The van der Waals surface area contributed by atoms with Crippen LogP contribution in [0, 0.1) is 28.4 Å². The number of halogens is 5. The number of nitrogens with zero attached hydrogens (tertiary/aromatic N) is 4. The molecule has 1 aromatic heterocycles. The first kappa shape index (κ1) is 28.4. The Bertz CT molecular complexity index is 1590. The van der Waals surface area contributed by atoms with Gasteiger partial charge in [-0.1, -0.05) is 41.4 Å². The second-order valence-electron chi connectivity index (χ2n) is 8.30. The number of aromatic nitrogens is 2. The second kappa shape index (κ2) is 11.6. The molecule has 1 heterocycles. The van der Waals surface area contributed by atoms with Gasteiger partial charge in [0.15, 0.2) is 0 Å². The van der Waals surface area contributed by atoms with Crippen molar-refractivity contribution in [3.8, 4) is 11.8 Å². The number of hydrogen-bond acceptors (Lipinski definition) is 8. The van der Waals surface area contributed by atoms with Crippen LogP contribution in [0.2, 0.25) is 10.0 Å². The molecule has 2 N–H and O–H groups in total. The minimum atomic E-state index is -4.86. The predicted molar refractivity (Wildman–Crippen MR) is 143 cm³/mol. The van der Waals surface area contributed by atoms with Gasteiger partial charge < -0.3 is 15.4 Å². The van der Waals surface area contributed by atoms with Gasteiger partial charge in [-0.25, -0.2) is 9.97 Å². The zero-order valence-electron chi connectivity index (χ0n) is 20.3. The highest BCUT2D eigenvalue weighted by Crippen LogP contribution is 2.38. The molecule has 4 aromatic rings. The lowest BCUT2D eigenvalue weighted by atomic mass is 9.91. The molecule has 4 rings (SSSR count). The van der Waals surface area contributed by atoms with Gasteiger partial charge >= 0.3 is 12.0 Å². The van der Waals surface area contributed by atoms with Crippen molar-refractivity contribution < 1.29 is 22.8 Å². The number of ether oxygens (including phenoxy) is 1. The van der Waals surface area contributed by atoms with Gasteiger partial charge in [-0.05, 0) is 66.1 Å². The Morgan fingerprint density at radius 1 is 1.02 bits per heavy atom. The first-order chi connectivity index (χ1) is 18.9. The lowest BCUT2D eigenvalue weighted by Crippen LogP contribution is -2.17. The monoisotopic (exact) mass is 588 g/mol. The van der Waals surface area contributed by atoms with Crippen molar-refractivity contribution >= 4 is 51.9 Å². The summed E-state index contributed by atoms with van der Waals surface area (Å²) in [5.41, 5.74) is 1.93. The Labute approximate surface area is 235 Å². The Morgan fingerprint density at radius 3 is 2.23 bits per heavy atom. The van der Waals surface area contributed by atoms with E-state index in [1.165, 1.54) is 18.2 Å². The number of alkyl halides is 3. The number of benzene rings is 3. The van der Waals surface area contributed by atoms with Gasteiger partial charge in [-0.3, -0.25) is 10.1 Å². The molecule has 204 valence electrons. The molecule has 0 aliphatic heterocycles. The largest absolute Gasteiger partial charge is 0.573 e. The maximum Gasteiger partial charge on any atom is 0.573 e. The lowest BCUT2D eigenvalue weighted by Gasteiger charge is -2.17. The zero-order chi connectivity index (χ0) is 29.0. The Morgan fingerprint density at radius 2 is 1.65 bits per heavy atom. The van der Waals surface area contributed by atoms with E-state index in [1.807, 2.05) is 0 Å². The van der Waals surface area contributed by atoms with Crippen LogP contribution >= 0.6 is 23.2 Å². The number of nitrogens with one attached hydrogen (secondary N) is 2. The smallest absolute Gasteiger partial charge is 0.406 e. The summed E-state index contributed by atoms with van der Waals surface area (Å²) in [5, 5.41) is 28.2. The fraction of sp³-hybridized carbons (Fsp3) is 0.115. The zero-order valence-corrected chi connectivity index (χ0v) is 21.8. The Hall–Kier alpha value is -4.60. The number of nitriles is 1. The molecule has 0 bridgehead atoms. The van der Waals surface area contributed by atoms with Crippen LogP contribution in [0.1, 0.15) is 22.6 Å². The standard InChI is InChI=1S/C26H17Cl2F3N6O3/c1-14-10-19(20(12-32)15-2-4-16(27)5-3-15)21(28)11-22(14)36-25-23(37(38)39)24(33-13-34-25)35-17-6-8-18(9-7-17)40-26(29,30)31/h2-11,13,20H,1H3,(H2,33,34,35,36). The van der Waals surface area contributed by atoms with Crippen LogP contribution in [0.5, 0.6) is 5.75 Å². The van der Waals surface area contributed by atoms with Gasteiger partial charge in [0.1, 0.15) is 12.1 Å². The number of rotatable bonds is 8. The maximum absolute atomic E-state index is 12.4. The van der Waals surface area contributed by atoms with E-state index in [9.17, 15) is 28.5 Å². The molecule has 40 heavy (non-hydrogen) atoms. The number of anilines is 4. The highest BCUT2D eigenvalue weighted by atomic mass is 35.5. The van der Waals surface area contributed by atoms with Crippen LogP contribution in [-0.4, -0.2) is 21.3 Å². The summed E-state index contributed by atoms with van der Waals surface area (Å²) in [6.45, 7) is 1.73. The van der Waals surface area contributed by atoms with Crippen molar-refractivity contribution in [3.05, 3.63) is 104 Å². The fourth-order valence-corrected chi connectivity index (χ4v) is 4.18. The first-order valence-corrected chi connectivity index (χ1v) is 12.0. The molecule has 0 saturated heterocycles. The Balaban J connectivity index is 1.62. The van der Waals surface area contributed by atoms with Gasteiger partial charge in [0.2, 0.25) is 11.6 Å². The van der Waals surface area contributed by atoms with Gasteiger partial charge in [-0.2, -0.15) is 5.26 Å². The average molecular weight is 589 g/mol. The average Bonchev–Trinajstić information content (AvgIpc) is 2.88. The van der Waals surface area contributed by atoms with Gasteiger partial charge in [0, 0.05) is 21.4 Å². The minimum absolute atomic E-state index is 0.166. The van der Waals surface area contributed by atoms with Crippen LogP contribution in [0.25, 0.3) is 0 Å². The highest BCUT2D eigenvalue weighted by Gasteiger charge is 2.31. The van der Waals surface area contributed by atoms with Gasteiger partial charge in [0.25, 0.3) is 0 Å². The topological polar surface area (TPSA) is 126 Å². The van der Waals surface area contributed by atoms with E-state index in [0.717, 1.165) is 18.5 Å². The maximum atomic E-state index is 12.4. The van der Waals surface area contributed by atoms with E-state index in [4.69, 9.17) is 23.2 Å². The molecule has 0 radical (unpaired) electrons.